The number of carbonyl (C=O) groups is 2. The van der Waals surface area contributed by atoms with Gasteiger partial charge in [0.25, 0.3) is 0 Å². The van der Waals surface area contributed by atoms with Gasteiger partial charge in [-0.25, -0.2) is 0 Å². The van der Waals surface area contributed by atoms with Crippen molar-refractivity contribution in [2.75, 3.05) is 6.61 Å². The molecule has 0 aliphatic rings. The topological polar surface area (TPSA) is 52.6 Å². The van der Waals surface area contributed by atoms with Gasteiger partial charge in [-0.2, -0.15) is 13.2 Å². The molecule has 0 aromatic heterocycles. The molecule has 0 aliphatic heterocycles. The molecule has 0 rings (SSSR count). The fourth-order valence-corrected chi connectivity index (χ4v) is 1.05. The summed E-state index contributed by atoms with van der Waals surface area (Å²) in [6, 6.07) is 0. The van der Waals surface area contributed by atoms with Crippen molar-refractivity contribution in [3.8, 4) is 0 Å². The number of carbonyl (C=O) groups excluding carboxylic acids is 2. The average Bonchev–Trinajstić information content (AvgIpc) is 2.34. The molecule has 0 aromatic carbocycles. The second-order valence-electron chi connectivity index (χ2n) is 6.12. The number of halogens is 3. The van der Waals surface area contributed by atoms with Crippen LogP contribution < -0.4 is 0 Å². The molecule has 124 valence electrons. The summed E-state index contributed by atoms with van der Waals surface area (Å²) >= 11 is 0. The minimum absolute atomic E-state index is 0.417. The SMILES string of the molecule is CCC(C)(C)C(=O)OCC(C)(OC(=O)C(C)C)C(F)(F)F. The molecule has 0 aromatic rings. The van der Waals surface area contributed by atoms with Crippen molar-refractivity contribution in [1.82, 2.24) is 0 Å². The molecular formula is C14H23F3O4. The molecule has 0 aliphatic carbocycles. The van der Waals surface area contributed by atoms with E-state index in [2.05, 4.69) is 4.74 Å². The molecule has 0 radical (unpaired) electrons. The van der Waals surface area contributed by atoms with Crippen LogP contribution in [0.3, 0.4) is 0 Å². The Morgan fingerprint density at radius 1 is 1.10 bits per heavy atom. The third-order valence-corrected chi connectivity index (χ3v) is 3.31. The van der Waals surface area contributed by atoms with Crippen LogP contribution in [0.2, 0.25) is 0 Å². The first kappa shape index (κ1) is 19.7. The number of hydrogen-bond donors (Lipinski definition) is 0. The lowest BCUT2D eigenvalue weighted by molar-refractivity contribution is -0.277. The van der Waals surface area contributed by atoms with Gasteiger partial charge in [-0.05, 0) is 27.2 Å². The van der Waals surface area contributed by atoms with Crippen LogP contribution in [-0.4, -0.2) is 30.3 Å². The molecule has 1 unspecified atom stereocenters. The Morgan fingerprint density at radius 2 is 1.57 bits per heavy atom. The highest BCUT2D eigenvalue weighted by atomic mass is 19.4. The predicted octanol–water partition coefficient (Wildman–Crippen LogP) is 3.49. The van der Waals surface area contributed by atoms with Gasteiger partial charge in [0.05, 0.1) is 11.3 Å². The standard InChI is InChI=1S/C14H23F3O4/c1-7-12(4,5)11(19)20-8-13(6,14(15,16)17)21-10(18)9(2)3/h9H,7-8H2,1-6H3. The number of alkyl halides is 3. The lowest BCUT2D eigenvalue weighted by atomic mass is 9.90. The maximum Gasteiger partial charge on any atom is 0.431 e. The molecule has 4 nitrogen and oxygen atoms in total. The first-order valence-electron chi connectivity index (χ1n) is 6.73. The molecule has 1 atom stereocenters. The van der Waals surface area contributed by atoms with E-state index in [-0.39, 0.29) is 0 Å². The van der Waals surface area contributed by atoms with Crippen LogP contribution in [0, 0.1) is 11.3 Å². The minimum Gasteiger partial charge on any atom is -0.461 e. The van der Waals surface area contributed by atoms with Crippen molar-refractivity contribution >= 4 is 11.9 Å². The Bertz CT molecular complexity index is 388. The Morgan fingerprint density at radius 3 is 1.90 bits per heavy atom. The van der Waals surface area contributed by atoms with E-state index < -0.39 is 41.7 Å². The van der Waals surface area contributed by atoms with Gasteiger partial charge in [0.15, 0.2) is 0 Å². The van der Waals surface area contributed by atoms with Crippen molar-refractivity contribution in [1.29, 1.82) is 0 Å². The molecule has 0 heterocycles. The van der Waals surface area contributed by atoms with Gasteiger partial charge in [0.1, 0.15) is 6.61 Å². The first-order valence-corrected chi connectivity index (χ1v) is 6.73. The molecule has 0 N–H and O–H groups in total. The van der Waals surface area contributed by atoms with Gasteiger partial charge < -0.3 is 9.47 Å². The zero-order valence-corrected chi connectivity index (χ0v) is 13.3. The second kappa shape index (κ2) is 6.66. The maximum absolute atomic E-state index is 13.1. The quantitative estimate of drug-likeness (QED) is 0.705. The Labute approximate surface area is 123 Å². The van der Waals surface area contributed by atoms with Crippen LogP contribution in [0.4, 0.5) is 13.2 Å². The highest BCUT2D eigenvalue weighted by Gasteiger charge is 2.56. The van der Waals surface area contributed by atoms with Gasteiger partial charge >= 0.3 is 18.1 Å². The van der Waals surface area contributed by atoms with Crippen LogP contribution in [0.25, 0.3) is 0 Å². The van der Waals surface area contributed by atoms with Crippen LogP contribution in [-0.2, 0) is 19.1 Å². The summed E-state index contributed by atoms with van der Waals surface area (Å²) < 4.78 is 48.5. The monoisotopic (exact) mass is 312 g/mol. The van der Waals surface area contributed by atoms with Crippen LogP contribution >= 0.6 is 0 Å². The van der Waals surface area contributed by atoms with E-state index in [0.29, 0.717) is 13.3 Å². The van der Waals surface area contributed by atoms with Crippen molar-refractivity contribution < 1.29 is 32.2 Å². The van der Waals surface area contributed by atoms with E-state index in [9.17, 15) is 22.8 Å². The summed E-state index contributed by atoms with van der Waals surface area (Å²) in [7, 11) is 0. The number of hydrogen-bond acceptors (Lipinski definition) is 4. The van der Waals surface area contributed by atoms with Crippen LogP contribution in [0.15, 0.2) is 0 Å². The summed E-state index contributed by atoms with van der Waals surface area (Å²) in [5.41, 5.74) is -3.75. The fourth-order valence-electron chi connectivity index (χ4n) is 1.05. The van der Waals surface area contributed by atoms with Crippen molar-refractivity contribution in [2.24, 2.45) is 11.3 Å². The molecule has 0 amide bonds. The molecular weight excluding hydrogens is 289 g/mol. The zero-order valence-electron chi connectivity index (χ0n) is 13.3. The Hall–Kier alpha value is -1.27. The second-order valence-corrected chi connectivity index (χ2v) is 6.12. The average molecular weight is 312 g/mol. The van der Waals surface area contributed by atoms with Crippen molar-refractivity contribution in [3.05, 3.63) is 0 Å². The van der Waals surface area contributed by atoms with E-state index >= 15 is 0 Å². The number of esters is 2. The minimum atomic E-state index is -4.84. The first-order chi connectivity index (χ1) is 9.27. The molecule has 0 fully saturated rings. The lowest BCUT2D eigenvalue weighted by Gasteiger charge is -2.32. The van der Waals surface area contributed by atoms with E-state index in [1.165, 1.54) is 13.8 Å². The zero-order chi connectivity index (χ0) is 17.1. The van der Waals surface area contributed by atoms with E-state index in [4.69, 9.17) is 4.74 Å². The van der Waals surface area contributed by atoms with Crippen LogP contribution in [0.1, 0.15) is 48.0 Å². The highest BCUT2D eigenvalue weighted by Crippen LogP contribution is 2.35. The highest BCUT2D eigenvalue weighted by molar-refractivity contribution is 5.76. The molecule has 0 saturated carbocycles. The summed E-state index contributed by atoms with van der Waals surface area (Å²) in [4.78, 5) is 23.2. The van der Waals surface area contributed by atoms with Crippen molar-refractivity contribution in [2.45, 2.75) is 59.7 Å². The molecule has 0 saturated heterocycles. The lowest BCUT2D eigenvalue weighted by Crippen LogP contribution is -2.51. The summed E-state index contributed by atoms with van der Waals surface area (Å²) in [5, 5.41) is 0. The third kappa shape index (κ3) is 5.21. The van der Waals surface area contributed by atoms with Gasteiger partial charge in [-0.3, -0.25) is 9.59 Å². The maximum atomic E-state index is 13.1. The number of ether oxygens (including phenoxy) is 2. The molecule has 21 heavy (non-hydrogen) atoms. The molecule has 7 heteroatoms. The largest absolute Gasteiger partial charge is 0.461 e. The van der Waals surface area contributed by atoms with Crippen LogP contribution in [0.5, 0.6) is 0 Å². The van der Waals surface area contributed by atoms with Gasteiger partial charge in [0, 0.05) is 0 Å². The van der Waals surface area contributed by atoms with E-state index in [1.54, 1.807) is 20.8 Å². The Kier molecular flexibility index (Phi) is 6.26. The summed E-state index contributed by atoms with van der Waals surface area (Å²) in [6.45, 7) is 7.34. The Balaban J connectivity index is 5.04. The van der Waals surface area contributed by atoms with Gasteiger partial charge in [0.2, 0.25) is 5.60 Å². The third-order valence-electron chi connectivity index (χ3n) is 3.31. The normalized spacial score (nSPS) is 15.5. The molecule has 0 spiro atoms. The van der Waals surface area contributed by atoms with E-state index in [0.717, 1.165) is 0 Å². The predicted molar refractivity (Wildman–Crippen MR) is 70.4 cm³/mol. The summed E-state index contributed by atoms with van der Waals surface area (Å²) in [6.07, 6.45) is -4.42. The van der Waals surface area contributed by atoms with Crippen molar-refractivity contribution in [3.63, 3.8) is 0 Å². The van der Waals surface area contributed by atoms with Gasteiger partial charge in [-0.1, -0.05) is 20.8 Å². The fraction of sp³-hybridized carbons (Fsp3) is 0.857. The molecule has 0 bridgehead atoms. The summed E-state index contributed by atoms with van der Waals surface area (Å²) in [5.74, 6) is -2.48. The van der Waals surface area contributed by atoms with Gasteiger partial charge in [-0.15, -0.1) is 0 Å². The number of rotatable bonds is 6. The smallest absolute Gasteiger partial charge is 0.431 e. The van der Waals surface area contributed by atoms with E-state index in [1.807, 2.05) is 0 Å².